The maximum Gasteiger partial charge on any atom is 0.0708 e. The molecule has 1 nitrogen and oxygen atoms in total. The Labute approximate surface area is 216 Å². The van der Waals surface area contributed by atoms with Crippen LogP contribution >= 0.6 is 0 Å². The lowest BCUT2D eigenvalue weighted by Crippen LogP contribution is -2.16. The Bertz CT molecular complexity index is 2030. The van der Waals surface area contributed by atoms with Crippen LogP contribution in [-0.2, 0) is 5.41 Å². The smallest absolute Gasteiger partial charge is 0.0708 e. The van der Waals surface area contributed by atoms with Crippen molar-refractivity contribution in [1.29, 1.82) is 0 Å². The Morgan fingerprint density at radius 1 is 0.541 bits per heavy atom. The predicted octanol–water partition coefficient (Wildman–Crippen LogP) is 9.67. The van der Waals surface area contributed by atoms with Gasteiger partial charge >= 0.3 is 0 Å². The maximum atomic E-state index is 4.82. The quantitative estimate of drug-likeness (QED) is 0.217. The number of hydrogen-bond acceptors (Lipinski definition) is 1. The Morgan fingerprint density at radius 3 is 1.89 bits per heavy atom. The zero-order valence-electron chi connectivity index (χ0n) is 20.9. The van der Waals surface area contributed by atoms with Crippen LogP contribution in [-0.4, -0.2) is 4.98 Å². The van der Waals surface area contributed by atoms with E-state index in [-0.39, 0.29) is 5.41 Å². The molecule has 1 heteroatoms. The minimum atomic E-state index is -0.137. The fourth-order valence-electron chi connectivity index (χ4n) is 6.70. The van der Waals surface area contributed by atoms with Crippen LogP contribution in [0, 0.1) is 0 Å². The van der Waals surface area contributed by atoms with Crippen LogP contribution < -0.4 is 0 Å². The number of nitrogens with zero attached hydrogens (tertiary/aromatic N) is 1. The van der Waals surface area contributed by atoms with Gasteiger partial charge in [-0.1, -0.05) is 111 Å². The van der Waals surface area contributed by atoms with Gasteiger partial charge in [-0.2, -0.15) is 0 Å². The molecule has 0 unspecified atom stereocenters. The van der Waals surface area contributed by atoms with Crippen LogP contribution in [0.15, 0.2) is 115 Å². The second-order valence-electron chi connectivity index (χ2n) is 10.8. The van der Waals surface area contributed by atoms with Crippen LogP contribution in [0.2, 0.25) is 0 Å². The number of hydrogen-bond donors (Lipinski definition) is 0. The van der Waals surface area contributed by atoms with Gasteiger partial charge in [0.15, 0.2) is 0 Å². The summed E-state index contributed by atoms with van der Waals surface area (Å²) in [6, 6.07) is 40.0. The largest absolute Gasteiger partial charge is 0.256 e. The van der Waals surface area contributed by atoms with Crippen LogP contribution in [0.4, 0.5) is 0 Å². The molecule has 1 aromatic heterocycles. The lowest BCUT2D eigenvalue weighted by atomic mass is 9.78. The Morgan fingerprint density at radius 2 is 1.14 bits per heavy atom. The number of pyridine rings is 1. The van der Waals surface area contributed by atoms with E-state index in [1.54, 1.807) is 0 Å². The predicted molar refractivity (Wildman–Crippen MR) is 157 cm³/mol. The second kappa shape index (κ2) is 7.27. The van der Waals surface area contributed by atoms with E-state index in [9.17, 15) is 0 Å². The van der Waals surface area contributed by atoms with E-state index in [2.05, 4.69) is 123 Å². The summed E-state index contributed by atoms with van der Waals surface area (Å²) >= 11 is 0. The van der Waals surface area contributed by atoms with Gasteiger partial charge in [-0.25, -0.2) is 0 Å². The first-order valence-electron chi connectivity index (χ1n) is 13.0. The van der Waals surface area contributed by atoms with E-state index in [1.165, 1.54) is 70.9 Å². The molecule has 0 atom stereocenters. The molecule has 0 aliphatic heterocycles. The molecular formula is C36H25N. The number of aromatic nitrogens is 1. The van der Waals surface area contributed by atoms with Crippen molar-refractivity contribution in [2.75, 3.05) is 0 Å². The van der Waals surface area contributed by atoms with Crippen molar-refractivity contribution in [1.82, 2.24) is 4.98 Å². The van der Waals surface area contributed by atoms with Gasteiger partial charge in [0, 0.05) is 22.6 Å². The van der Waals surface area contributed by atoms with Crippen LogP contribution in [0.1, 0.15) is 25.0 Å². The van der Waals surface area contributed by atoms with Crippen molar-refractivity contribution in [2.24, 2.45) is 0 Å². The van der Waals surface area contributed by atoms with Gasteiger partial charge in [-0.05, 0) is 72.1 Å². The SMILES string of the molecule is CC1(C)c2cc(-c3cc4ccccc4cn3)ccc2-c2ccc3c4ccccc4c4ccccc4c3c21. The highest BCUT2D eigenvalue weighted by Gasteiger charge is 2.37. The van der Waals surface area contributed by atoms with E-state index in [0.29, 0.717) is 0 Å². The molecule has 6 aromatic carbocycles. The highest BCUT2D eigenvalue weighted by atomic mass is 14.7. The molecule has 1 aliphatic carbocycles. The van der Waals surface area contributed by atoms with Crippen LogP contribution in [0.3, 0.4) is 0 Å². The fraction of sp³-hybridized carbons (Fsp3) is 0.0833. The van der Waals surface area contributed by atoms with E-state index in [0.717, 1.165) is 5.69 Å². The summed E-state index contributed by atoms with van der Waals surface area (Å²) in [4.78, 5) is 4.82. The van der Waals surface area contributed by atoms with Crippen LogP contribution in [0.25, 0.3) is 65.5 Å². The summed E-state index contributed by atoms with van der Waals surface area (Å²) in [6.07, 6.45) is 1.99. The Kier molecular flexibility index (Phi) is 4.06. The lowest BCUT2D eigenvalue weighted by Gasteiger charge is -2.25. The zero-order chi connectivity index (χ0) is 24.7. The van der Waals surface area contributed by atoms with Crippen molar-refractivity contribution in [3.8, 4) is 22.4 Å². The first-order chi connectivity index (χ1) is 18.1. The molecule has 7 aromatic rings. The van der Waals surface area contributed by atoms with E-state index >= 15 is 0 Å². The van der Waals surface area contributed by atoms with Crippen molar-refractivity contribution >= 4 is 43.1 Å². The minimum absolute atomic E-state index is 0.137. The summed E-state index contributed by atoms with van der Waals surface area (Å²) in [5.74, 6) is 0. The Hall–Kier alpha value is -4.49. The van der Waals surface area contributed by atoms with E-state index in [4.69, 9.17) is 4.98 Å². The molecule has 0 bridgehead atoms. The highest BCUT2D eigenvalue weighted by Crippen LogP contribution is 2.54. The molecule has 174 valence electrons. The van der Waals surface area contributed by atoms with Gasteiger partial charge in [0.05, 0.1) is 5.69 Å². The normalized spacial score (nSPS) is 13.9. The van der Waals surface area contributed by atoms with Crippen molar-refractivity contribution in [3.05, 3.63) is 127 Å². The molecule has 37 heavy (non-hydrogen) atoms. The van der Waals surface area contributed by atoms with Crippen molar-refractivity contribution < 1.29 is 0 Å². The molecule has 1 aliphatic rings. The lowest BCUT2D eigenvalue weighted by molar-refractivity contribution is 0.667. The standard InChI is InChI=1S/C36H25N/c1-36(2)32-19-23(33-20-22-9-3-4-10-24(22)21-37-33)15-16-28(32)31-18-17-30-27-13-6-5-11-25(27)26-12-7-8-14-29(26)34(30)35(31)36/h3-21H,1-2H3. The molecule has 1 heterocycles. The average molecular weight is 472 g/mol. The summed E-state index contributed by atoms with van der Waals surface area (Å²) in [7, 11) is 0. The summed E-state index contributed by atoms with van der Waals surface area (Å²) in [5, 5.41) is 10.4. The fourth-order valence-corrected chi connectivity index (χ4v) is 6.70. The third-order valence-corrected chi connectivity index (χ3v) is 8.44. The Balaban J connectivity index is 1.42. The topological polar surface area (TPSA) is 12.9 Å². The van der Waals surface area contributed by atoms with Crippen molar-refractivity contribution in [3.63, 3.8) is 0 Å². The molecule has 0 N–H and O–H groups in total. The molecule has 0 spiro atoms. The second-order valence-corrected chi connectivity index (χ2v) is 10.8. The van der Waals surface area contributed by atoms with Gasteiger partial charge < -0.3 is 0 Å². The molecule has 0 saturated carbocycles. The third-order valence-electron chi connectivity index (χ3n) is 8.44. The van der Waals surface area contributed by atoms with Crippen molar-refractivity contribution in [2.45, 2.75) is 19.3 Å². The maximum absolute atomic E-state index is 4.82. The van der Waals surface area contributed by atoms with Crippen LogP contribution in [0.5, 0.6) is 0 Å². The van der Waals surface area contributed by atoms with E-state index in [1.807, 2.05) is 6.20 Å². The average Bonchev–Trinajstić information content (AvgIpc) is 3.19. The molecular weight excluding hydrogens is 446 g/mol. The van der Waals surface area contributed by atoms with Gasteiger partial charge in [0.25, 0.3) is 0 Å². The van der Waals surface area contributed by atoms with Gasteiger partial charge in [-0.3, -0.25) is 4.98 Å². The first-order valence-corrected chi connectivity index (χ1v) is 13.0. The molecule has 0 fully saturated rings. The minimum Gasteiger partial charge on any atom is -0.256 e. The van der Waals surface area contributed by atoms with Gasteiger partial charge in [0.1, 0.15) is 0 Å². The third kappa shape index (κ3) is 2.77. The van der Waals surface area contributed by atoms with Gasteiger partial charge in [0.2, 0.25) is 0 Å². The zero-order valence-corrected chi connectivity index (χ0v) is 20.9. The summed E-state index contributed by atoms with van der Waals surface area (Å²) in [5.41, 5.74) is 7.56. The molecule has 0 radical (unpaired) electrons. The van der Waals surface area contributed by atoms with E-state index < -0.39 is 0 Å². The first kappa shape index (κ1) is 20.7. The van der Waals surface area contributed by atoms with Gasteiger partial charge in [-0.15, -0.1) is 0 Å². The number of fused-ring (bicyclic) bond motifs is 11. The summed E-state index contributed by atoms with van der Waals surface area (Å²) in [6.45, 7) is 4.78. The highest BCUT2D eigenvalue weighted by molar-refractivity contribution is 6.27. The number of benzene rings is 6. The summed E-state index contributed by atoms with van der Waals surface area (Å²) < 4.78 is 0. The number of rotatable bonds is 1. The molecule has 0 amide bonds. The molecule has 8 rings (SSSR count). The molecule has 0 saturated heterocycles. The monoisotopic (exact) mass is 471 g/mol.